The third kappa shape index (κ3) is 3.53. The molecule has 2 heterocycles. The molecule has 0 saturated carbocycles. The number of pyridine rings is 1. The molecule has 0 spiro atoms. The fraction of sp³-hybridized carbons (Fsp3) is 0.240. The molecule has 0 aliphatic heterocycles. The van der Waals surface area contributed by atoms with E-state index in [0.29, 0.717) is 5.56 Å². The molecule has 0 fully saturated rings. The van der Waals surface area contributed by atoms with Crippen LogP contribution < -0.4 is 4.74 Å². The van der Waals surface area contributed by atoms with E-state index in [-0.39, 0.29) is 6.04 Å². The zero-order valence-electron chi connectivity index (χ0n) is 18.1. The van der Waals surface area contributed by atoms with E-state index in [1.807, 2.05) is 55.1 Å². The minimum Gasteiger partial charge on any atom is -0.496 e. The predicted octanol–water partition coefficient (Wildman–Crippen LogP) is 6.38. The number of benzene rings is 2. The van der Waals surface area contributed by atoms with Crippen LogP contribution in [0, 0.1) is 11.3 Å². The number of aromatic nitrogens is 3. The maximum atomic E-state index is 9.10. The maximum absolute atomic E-state index is 9.10. The molecule has 0 atom stereocenters. The summed E-state index contributed by atoms with van der Waals surface area (Å²) in [5.74, 6) is 0.741. The normalized spacial score (nSPS) is 10.6. The average Bonchev–Trinajstić information content (AvgIpc) is 3.20. The second kappa shape index (κ2) is 8.79. The monoisotopic (exact) mass is 398 g/mol. The van der Waals surface area contributed by atoms with Crippen LogP contribution in [0.2, 0.25) is 0 Å². The van der Waals surface area contributed by atoms with Crippen molar-refractivity contribution in [1.82, 2.24) is 14.8 Å². The van der Waals surface area contributed by atoms with Gasteiger partial charge in [-0.05, 0) is 32.0 Å². The highest BCUT2D eigenvalue weighted by Gasteiger charge is 2.18. The van der Waals surface area contributed by atoms with Gasteiger partial charge in [-0.15, -0.1) is 0 Å². The average molecular weight is 399 g/mol. The molecule has 0 saturated heterocycles. The summed E-state index contributed by atoms with van der Waals surface area (Å²) in [6.45, 7) is 12.1. The summed E-state index contributed by atoms with van der Waals surface area (Å²) in [7, 11) is 1.64. The summed E-state index contributed by atoms with van der Waals surface area (Å²) in [6, 6.07) is 13.8. The third-order valence-electron chi connectivity index (χ3n) is 4.89. The number of rotatable bonds is 4. The van der Waals surface area contributed by atoms with E-state index in [0.717, 1.165) is 44.4 Å². The highest BCUT2D eigenvalue weighted by molar-refractivity contribution is 6.12. The molecule has 5 heteroatoms. The Labute approximate surface area is 177 Å². The standard InChI is InChI=1S/C23H20N4O.C2H6/c1-5-16-10-18-19(11-21(16)28-4)25-13-20-22(18)23(26-27(20)14(2)3)17-8-6-15(12-24)7-9-17;1-2/h5-11,13-14H,1H2,2-4H3;1-2H3. The first-order chi connectivity index (χ1) is 14.6. The minimum atomic E-state index is 0.186. The fourth-order valence-electron chi connectivity index (χ4n) is 3.49. The number of ether oxygens (including phenoxy) is 1. The summed E-state index contributed by atoms with van der Waals surface area (Å²) >= 11 is 0. The first-order valence-corrected chi connectivity index (χ1v) is 10.1. The van der Waals surface area contributed by atoms with Gasteiger partial charge in [0.1, 0.15) is 11.4 Å². The molecule has 4 aromatic rings. The Hall–Kier alpha value is -3.65. The van der Waals surface area contributed by atoms with Gasteiger partial charge in [-0.1, -0.05) is 38.6 Å². The summed E-state index contributed by atoms with van der Waals surface area (Å²) in [5, 5.41) is 16.0. The van der Waals surface area contributed by atoms with E-state index in [2.05, 4.69) is 37.5 Å². The molecular formula is C25H26N4O. The molecule has 2 aromatic heterocycles. The number of fused-ring (bicyclic) bond motifs is 3. The molecular weight excluding hydrogens is 372 g/mol. The van der Waals surface area contributed by atoms with Crippen molar-refractivity contribution < 1.29 is 4.74 Å². The lowest BCUT2D eigenvalue weighted by molar-refractivity contribution is 0.414. The van der Waals surface area contributed by atoms with E-state index in [9.17, 15) is 0 Å². The van der Waals surface area contributed by atoms with Crippen molar-refractivity contribution in [2.24, 2.45) is 0 Å². The molecule has 30 heavy (non-hydrogen) atoms. The Kier molecular flexibility index (Phi) is 6.17. The van der Waals surface area contributed by atoms with Crippen molar-refractivity contribution in [3.05, 3.63) is 60.3 Å². The Bertz CT molecular complexity index is 1240. The zero-order chi connectivity index (χ0) is 21.8. The smallest absolute Gasteiger partial charge is 0.128 e. The number of hydrogen-bond acceptors (Lipinski definition) is 4. The largest absolute Gasteiger partial charge is 0.496 e. The zero-order valence-corrected chi connectivity index (χ0v) is 18.1. The van der Waals surface area contributed by atoms with Crippen molar-refractivity contribution >= 4 is 27.9 Å². The van der Waals surface area contributed by atoms with Crippen molar-refractivity contribution in [3.8, 4) is 23.1 Å². The fourth-order valence-corrected chi connectivity index (χ4v) is 3.49. The molecule has 4 rings (SSSR count). The second-order valence-electron chi connectivity index (χ2n) is 6.91. The van der Waals surface area contributed by atoms with Crippen LogP contribution in [0.1, 0.15) is 44.9 Å². The number of hydrogen-bond donors (Lipinski definition) is 0. The summed E-state index contributed by atoms with van der Waals surface area (Å²) < 4.78 is 7.47. The van der Waals surface area contributed by atoms with Crippen LogP contribution in [0.25, 0.3) is 39.1 Å². The van der Waals surface area contributed by atoms with Crippen LogP contribution in [-0.2, 0) is 0 Å². The lowest BCUT2D eigenvalue weighted by Crippen LogP contribution is -2.02. The summed E-state index contributed by atoms with van der Waals surface area (Å²) in [6.07, 6.45) is 3.65. The molecule has 0 amide bonds. The molecule has 0 aliphatic carbocycles. The molecule has 5 nitrogen and oxygen atoms in total. The van der Waals surface area contributed by atoms with Crippen LogP contribution in [0.3, 0.4) is 0 Å². The third-order valence-corrected chi connectivity index (χ3v) is 4.89. The van der Waals surface area contributed by atoms with Gasteiger partial charge >= 0.3 is 0 Å². The van der Waals surface area contributed by atoms with Gasteiger partial charge in [-0.2, -0.15) is 10.4 Å². The van der Waals surface area contributed by atoms with Gasteiger partial charge in [0.15, 0.2) is 0 Å². The van der Waals surface area contributed by atoms with Crippen LogP contribution in [0.4, 0.5) is 0 Å². The quantitative estimate of drug-likeness (QED) is 0.400. The molecule has 152 valence electrons. The van der Waals surface area contributed by atoms with E-state index >= 15 is 0 Å². The van der Waals surface area contributed by atoms with Crippen molar-refractivity contribution in [3.63, 3.8) is 0 Å². The van der Waals surface area contributed by atoms with Crippen molar-refractivity contribution in [2.75, 3.05) is 7.11 Å². The van der Waals surface area contributed by atoms with Gasteiger partial charge in [0.05, 0.1) is 36.0 Å². The first kappa shape index (κ1) is 21.1. The number of nitrogens with zero attached hydrogens (tertiary/aromatic N) is 4. The lowest BCUT2D eigenvalue weighted by Gasteiger charge is -2.09. The van der Waals surface area contributed by atoms with Gasteiger partial charge in [0.2, 0.25) is 0 Å². The Morgan fingerprint density at radius 3 is 2.43 bits per heavy atom. The van der Waals surface area contributed by atoms with Crippen LogP contribution in [0.5, 0.6) is 5.75 Å². The summed E-state index contributed by atoms with van der Waals surface area (Å²) in [5.41, 5.74) is 5.19. The Morgan fingerprint density at radius 2 is 1.87 bits per heavy atom. The Balaban J connectivity index is 0.00000124. The number of nitriles is 1. The van der Waals surface area contributed by atoms with Crippen LogP contribution >= 0.6 is 0 Å². The SMILES string of the molecule is C=Cc1cc2c(cc1OC)ncc1c2c(-c2ccc(C#N)cc2)nn1C(C)C.CC. The highest BCUT2D eigenvalue weighted by atomic mass is 16.5. The van der Waals surface area contributed by atoms with Crippen LogP contribution in [0.15, 0.2) is 49.2 Å². The van der Waals surface area contributed by atoms with Crippen LogP contribution in [-0.4, -0.2) is 21.9 Å². The van der Waals surface area contributed by atoms with E-state index in [1.165, 1.54) is 0 Å². The van der Waals surface area contributed by atoms with Gasteiger partial charge < -0.3 is 4.74 Å². The molecule has 0 bridgehead atoms. The molecule has 0 unspecified atom stereocenters. The van der Waals surface area contributed by atoms with E-state index in [4.69, 9.17) is 15.1 Å². The number of methoxy groups -OCH3 is 1. The van der Waals surface area contributed by atoms with Gasteiger partial charge in [0.25, 0.3) is 0 Å². The second-order valence-corrected chi connectivity index (χ2v) is 6.91. The maximum Gasteiger partial charge on any atom is 0.128 e. The highest BCUT2D eigenvalue weighted by Crippen LogP contribution is 2.37. The topological polar surface area (TPSA) is 63.7 Å². The lowest BCUT2D eigenvalue weighted by atomic mass is 10.0. The summed E-state index contributed by atoms with van der Waals surface area (Å²) in [4.78, 5) is 4.65. The molecule has 2 aromatic carbocycles. The van der Waals surface area contributed by atoms with Crippen molar-refractivity contribution in [2.45, 2.75) is 33.7 Å². The van der Waals surface area contributed by atoms with Gasteiger partial charge in [0, 0.05) is 34.0 Å². The first-order valence-electron chi connectivity index (χ1n) is 10.1. The van der Waals surface area contributed by atoms with Crippen molar-refractivity contribution in [1.29, 1.82) is 5.26 Å². The van der Waals surface area contributed by atoms with E-state index < -0.39 is 0 Å². The van der Waals surface area contributed by atoms with Gasteiger partial charge in [-0.3, -0.25) is 9.67 Å². The van der Waals surface area contributed by atoms with E-state index in [1.54, 1.807) is 13.2 Å². The minimum absolute atomic E-state index is 0.186. The molecule has 0 radical (unpaired) electrons. The van der Waals surface area contributed by atoms with Gasteiger partial charge in [-0.25, -0.2) is 0 Å². The molecule has 0 N–H and O–H groups in total. The molecule has 0 aliphatic rings. The predicted molar refractivity (Wildman–Crippen MR) is 124 cm³/mol. The Morgan fingerprint density at radius 1 is 1.17 bits per heavy atom.